The Labute approximate surface area is 115 Å². The summed E-state index contributed by atoms with van der Waals surface area (Å²) in [5, 5.41) is 7.06. The van der Waals surface area contributed by atoms with Crippen LogP contribution in [0.4, 0.5) is 13.2 Å². The quantitative estimate of drug-likeness (QED) is 0.933. The number of nitrogens with one attached hydrogen (secondary N) is 1. The lowest BCUT2D eigenvalue weighted by Crippen LogP contribution is -2.15. The van der Waals surface area contributed by atoms with Gasteiger partial charge in [0.2, 0.25) is 0 Å². The maximum Gasteiger partial charge on any atom is 0.418 e. The molecule has 0 aliphatic rings. The van der Waals surface area contributed by atoms with Gasteiger partial charge in [-0.1, -0.05) is 13.0 Å². The van der Waals surface area contributed by atoms with Crippen molar-refractivity contribution in [3.63, 3.8) is 0 Å². The van der Waals surface area contributed by atoms with Crippen molar-refractivity contribution in [2.24, 2.45) is 0 Å². The van der Waals surface area contributed by atoms with Gasteiger partial charge in [-0.15, -0.1) is 0 Å². The molecule has 3 nitrogen and oxygen atoms in total. The van der Waals surface area contributed by atoms with Gasteiger partial charge in [0.15, 0.2) is 0 Å². The van der Waals surface area contributed by atoms with Gasteiger partial charge in [-0.25, -0.2) is 4.68 Å². The number of benzene rings is 1. The number of alkyl halides is 3. The Kier molecular flexibility index (Phi) is 4.13. The van der Waals surface area contributed by atoms with Crippen LogP contribution in [0, 0.1) is 6.92 Å². The first kappa shape index (κ1) is 14.6. The molecule has 20 heavy (non-hydrogen) atoms. The molecule has 0 aliphatic heterocycles. The van der Waals surface area contributed by atoms with Gasteiger partial charge < -0.3 is 5.32 Å². The van der Waals surface area contributed by atoms with E-state index in [4.69, 9.17) is 0 Å². The van der Waals surface area contributed by atoms with Crippen LogP contribution < -0.4 is 5.32 Å². The van der Waals surface area contributed by atoms with Crippen molar-refractivity contribution in [2.45, 2.75) is 26.6 Å². The van der Waals surface area contributed by atoms with Gasteiger partial charge in [0.1, 0.15) is 0 Å². The molecule has 2 aromatic rings. The van der Waals surface area contributed by atoms with Gasteiger partial charge in [0, 0.05) is 12.7 Å². The highest BCUT2D eigenvalue weighted by Crippen LogP contribution is 2.34. The third kappa shape index (κ3) is 3.19. The molecule has 1 aromatic heterocycles. The SMILES string of the molecule is CCNCc1ccc(-n2ccc(C)n2)c(C(F)(F)F)c1. The zero-order chi connectivity index (χ0) is 14.8. The largest absolute Gasteiger partial charge is 0.418 e. The van der Waals surface area contributed by atoms with E-state index in [1.165, 1.54) is 23.0 Å². The molecule has 0 aliphatic carbocycles. The molecule has 0 spiro atoms. The summed E-state index contributed by atoms with van der Waals surface area (Å²) in [6.07, 6.45) is -2.87. The van der Waals surface area contributed by atoms with Crippen LogP contribution in [0.5, 0.6) is 0 Å². The summed E-state index contributed by atoms with van der Waals surface area (Å²) in [5.74, 6) is 0. The normalized spacial score (nSPS) is 11.8. The second-order valence-corrected chi connectivity index (χ2v) is 4.53. The zero-order valence-corrected chi connectivity index (χ0v) is 11.3. The van der Waals surface area contributed by atoms with Crippen molar-refractivity contribution in [2.75, 3.05) is 6.54 Å². The molecule has 0 saturated carbocycles. The lowest BCUT2D eigenvalue weighted by atomic mass is 10.1. The van der Waals surface area contributed by atoms with Crippen LogP contribution in [0.1, 0.15) is 23.7 Å². The number of hydrogen-bond donors (Lipinski definition) is 1. The second-order valence-electron chi connectivity index (χ2n) is 4.53. The fourth-order valence-corrected chi connectivity index (χ4v) is 1.94. The van der Waals surface area contributed by atoms with Gasteiger partial charge in [-0.05, 0) is 37.2 Å². The molecular weight excluding hydrogens is 267 g/mol. The van der Waals surface area contributed by atoms with E-state index in [9.17, 15) is 13.2 Å². The highest BCUT2D eigenvalue weighted by Gasteiger charge is 2.34. The van der Waals surface area contributed by atoms with E-state index in [2.05, 4.69) is 10.4 Å². The van der Waals surface area contributed by atoms with E-state index in [0.717, 1.165) is 0 Å². The van der Waals surface area contributed by atoms with Gasteiger partial charge in [0.25, 0.3) is 0 Å². The molecule has 0 unspecified atom stereocenters. The Bertz CT molecular complexity index is 588. The first-order valence-electron chi connectivity index (χ1n) is 6.35. The minimum atomic E-state index is -4.41. The summed E-state index contributed by atoms with van der Waals surface area (Å²) in [5.41, 5.74) is 0.656. The van der Waals surface area contributed by atoms with Crippen molar-refractivity contribution in [1.82, 2.24) is 15.1 Å². The van der Waals surface area contributed by atoms with Crippen LogP contribution in [0.15, 0.2) is 30.5 Å². The van der Waals surface area contributed by atoms with E-state index in [1.807, 2.05) is 6.92 Å². The van der Waals surface area contributed by atoms with Crippen molar-refractivity contribution in [3.8, 4) is 5.69 Å². The fourth-order valence-electron chi connectivity index (χ4n) is 1.94. The van der Waals surface area contributed by atoms with Crippen LogP contribution in [0.2, 0.25) is 0 Å². The lowest BCUT2D eigenvalue weighted by molar-refractivity contribution is -0.137. The summed E-state index contributed by atoms with van der Waals surface area (Å²) >= 11 is 0. The van der Waals surface area contributed by atoms with Gasteiger partial charge in [0.05, 0.1) is 16.9 Å². The number of halogens is 3. The highest BCUT2D eigenvalue weighted by molar-refractivity contribution is 5.45. The lowest BCUT2D eigenvalue weighted by Gasteiger charge is -2.14. The molecule has 1 heterocycles. The van der Waals surface area contributed by atoms with Crippen LogP contribution >= 0.6 is 0 Å². The average Bonchev–Trinajstić information content (AvgIpc) is 2.81. The van der Waals surface area contributed by atoms with Crippen LogP contribution in [0.3, 0.4) is 0 Å². The Balaban J connectivity index is 2.46. The maximum absolute atomic E-state index is 13.2. The standard InChI is InChI=1S/C14H16F3N3/c1-3-18-9-11-4-5-13(12(8-11)14(15,16)17)20-7-6-10(2)19-20/h4-8,18H,3,9H2,1-2H3. The number of aromatic nitrogens is 2. The first-order valence-corrected chi connectivity index (χ1v) is 6.35. The summed E-state index contributed by atoms with van der Waals surface area (Å²) in [6, 6.07) is 5.99. The first-order chi connectivity index (χ1) is 9.41. The molecule has 6 heteroatoms. The van der Waals surface area contributed by atoms with E-state index in [1.54, 1.807) is 19.1 Å². The second kappa shape index (κ2) is 5.66. The molecule has 0 amide bonds. The Morgan fingerprint density at radius 1 is 1.25 bits per heavy atom. The van der Waals surface area contributed by atoms with Crippen LogP contribution in [-0.2, 0) is 12.7 Å². The molecule has 1 N–H and O–H groups in total. The molecule has 0 bridgehead atoms. The summed E-state index contributed by atoms with van der Waals surface area (Å²) in [6.45, 7) is 4.77. The summed E-state index contributed by atoms with van der Waals surface area (Å²) in [7, 11) is 0. The number of rotatable bonds is 4. The number of nitrogens with zero attached hydrogens (tertiary/aromatic N) is 2. The summed E-state index contributed by atoms with van der Waals surface area (Å²) < 4.78 is 40.8. The highest BCUT2D eigenvalue weighted by atomic mass is 19.4. The van der Waals surface area contributed by atoms with Gasteiger partial charge in [-0.3, -0.25) is 0 Å². The molecular formula is C14H16F3N3. The minimum absolute atomic E-state index is 0.0471. The van der Waals surface area contributed by atoms with Gasteiger partial charge >= 0.3 is 6.18 Å². The Morgan fingerprint density at radius 2 is 2.00 bits per heavy atom. The van der Waals surface area contributed by atoms with Gasteiger partial charge in [-0.2, -0.15) is 18.3 Å². The van der Waals surface area contributed by atoms with E-state index in [-0.39, 0.29) is 5.69 Å². The third-order valence-corrected chi connectivity index (χ3v) is 2.91. The molecule has 0 saturated heterocycles. The molecule has 2 rings (SSSR count). The predicted molar refractivity (Wildman–Crippen MR) is 70.7 cm³/mol. The maximum atomic E-state index is 13.2. The predicted octanol–water partition coefficient (Wildman–Crippen LogP) is 3.31. The molecule has 0 radical (unpaired) electrons. The average molecular weight is 283 g/mol. The molecule has 0 atom stereocenters. The van der Waals surface area contributed by atoms with E-state index < -0.39 is 11.7 Å². The Hall–Kier alpha value is -1.82. The van der Waals surface area contributed by atoms with Crippen LogP contribution in [-0.4, -0.2) is 16.3 Å². The Morgan fingerprint density at radius 3 is 2.55 bits per heavy atom. The molecule has 0 fully saturated rings. The van der Waals surface area contributed by atoms with Crippen LogP contribution in [0.25, 0.3) is 5.69 Å². The van der Waals surface area contributed by atoms with Crippen molar-refractivity contribution < 1.29 is 13.2 Å². The minimum Gasteiger partial charge on any atom is -0.313 e. The fraction of sp³-hybridized carbons (Fsp3) is 0.357. The molecule has 1 aromatic carbocycles. The van der Waals surface area contributed by atoms with E-state index in [0.29, 0.717) is 24.3 Å². The van der Waals surface area contributed by atoms with Crippen molar-refractivity contribution in [1.29, 1.82) is 0 Å². The molecule has 108 valence electrons. The van der Waals surface area contributed by atoms with Crippen molar-refractivity contribution in [3.05, 3.63) is 47.3 Å². The number of aryl methyl sites for hydroxylation is 1. The monoisotopic (exact) mass is 283 g/mol. The topological polar surface area (TPSA) is 29.9 Å². The number of hydrogen-bond acceptors (Lipinski definition) is 2. The van der Waals surface area contributed by atoms with E-state index >= 15 is 0 Å². The summed E-state index contributed by atoms with van der Waals surface area (Å²) in [4.78, 5) is 0. The third-order valence-electron chi connectivity index (χ3n) is 2.91. The smallest absolute Gasteiger partial charge is 0.313 e. The van der Waals surface area contributed by atoms with Crippen molar-refractivity contribution >= 4 is 0 Å². The zero-order valence-electron chi connectivity index (χ0n) is 11.3.